The van der Waals surface area contributed by atoms with Crippen molar-refractivity contribution in [2.24, 2.45) is 23.7 Å². The Kier molecular flexibility index (Phi) is 8.19. The third-order valence-corrected chi connectivity index (χ3v) is 6.35. The third kappa shape index (κ3) is 6.82. The summed E-state index contributed by atoms with van der Waals surface area (Å²) >= 11 is 0. The van der Waals surface area contributed by atoms with Crippen molar-refractivity contribution in [3.63, 3.8) is 0 Å². The molecule has 2 aliphatic rings. The van der Waals surface area contributed by atoms with E-state index in [9.17, 15) is 8.78 Å². The first-order chi connectivity index (χ1) is 11.5. The Morgan fingerprint density at radius 3 is 2.04 bits per heavy atom. The zero-order valence-electron chi connectivity index (χ0n) is 15.5. The van der Waals surface area contributed by atoms with Crippen LogP contribution in [0.2, 0.25) is 0 Å². The molecule has 0 aromatic heterocycles. The maximum Gasteiger partial charge on any atom is 0.356 e. The molecule has 24 heavy (non-hydrogen) atoms. The topological polar surface area (TPSA) is 9.23 Å². The summed E-state index contributed by atoms with van der Waals surface area (Å²) < 4.78 is 33.4. The summed E-state index contributed by atoms with van der Waals surface area (Å²) in [5.74, 6) is 1.99. The fraction of sp³-hybridized carbons (Fsp3) is 0.905. The molecular formula is C21H36F2O. The molecule has 2 aliphatic carbocycles. The summed E-state index contributed by atoms with van der Waals surface area (Å²) in [6.07, 6.45) is 10.9. The van der Waals surface area contributed by atoms with Gasteiger partial charge in [-0.2, -0.15) is 8.78 Å². The molecule has 0 aliphatic heterocycles. The van der Waals surface area contributed by atoms with E-state index in [-0.39, 0.29) is 18.9 Å². The van der Waals surface area contributed by atoms with Gasteiger partial charge in [0.2, 0.25) is 0 Å². The highest BCUT2D eigenvalue weighted by Gasteiger charge is 2.36. The summed E-state index contributed by atoms with van der Waals surface area (Å²) in [6.45, 7) is 6.23. The van der Waals surface area contributed by atoms with Crippen molar-refractivity contribution in [3.05, 3.63) is 12.7 Å². The van der Waals surface area contributed by atoms with E-state index >= 15 is 0 Å². The van der Waals surface area contributed by atoms with Crippen LogP contribution in [0.25, 0.3) is 0 Å². The SMILES string of the molecule is C=CCCC1CCC(CC(F)(F)OCC2CCC(CC)CC2)CC1. The number of ether oxygens (including phenoxy) is 1. The minimum Gasteiger partial charge on any atom is -0.320 e. The van der Waals surface area contributed by atoms with Crippen LogP contribution in [0.3, 0.4) is 0 Å². The lowest BCUT2D eigenvalue weighted by molar-refractivity contribution is -0.256. The van der Waals surface area contributed by atoms with Crippen LogP contribution in [0.1, 0.15) is 84.0 Å². The lowest BCUT2D eigenvalue weighted by Gasteiger charge is -2.32. The molecule has 2 fully saturated rings. The standard InChI is InChI=1S/C21H36F2O/c1-3-5-6-18-9-11-19(12-10-18)15-21(22,23)24-16-20-13-7-17(4-2)8-14-20/h3,17-20H,1,4-16H2,2H3. The minimum atomic E-state index is -2.93. The molecular weight excluding hydrogens is 306 g/mol. The molecule has 0 atom stereocenters. The van der Waals surface area contributed by atoms with Gasteiger partial charge in [-0.15, -0.1) is 6.58 Å². The van der Waals surface area contributed by atoms with Crippen molar-refractivity contribution in [2.75, 3.05) is 6.61 Å². The minimum absolute atomic E-state index is 0.0779. The van der Waals surface area contributed by atoms with Crippen LogP contribution in [0.15, 0.2) is 12.7 Å². The molecule has 0 unspecified atom stereocenters. The number of hydrogen-bond acceptors (Lipinski definition) is 1. The molecule has 2 saturated carbocycles. The second-order valence-corrected chi connectivity index (χ2v) is 8.20. The van der Waals surface area contributed by atoms with Crippen LogP contribution in [0.5, 0.6) is 0 Å². The molecule has 0 N–H and O–H groups in total. The van der Waals surface area contributed by atoms with E-state index in [0.29, 0.717) is 11.8 Å². The van der Waals surface area contributed by atoms with Gasteiger partial charge in [0, 0.05) is 6.42 Å². The zero-order valence-corrected chi connectivity index (χ0v) is 15.5. The Morgan fingerprint density at radius 2 is 1.46 bits per heavy atom. The van der Waals surface area contributed by atoms with E-state index in [1.54, 1.807) is 0 Å². The number of allylic oxidation sites excluding steroid dienone is 1. The number of alkyl halides is 2. The highest BCUT2D eigenvalue weighted by molar-refractivity contribution is 4.78. The van der Waals surface area contributed by atoms with Crippen LogP contribution in [0, 0.1) is 23.7 Å². The van der Waals surface area contributed by atoms with Crippen molar-refractivity contribution >= 4 is 0 Å². The van der Waals surface area contributed by atoms with E-state index in [2.05, 4.69) is 13.5 Å². The first-order valence-corrected chi connectivity index (χ1v) is 10.1. The summed E-state index contributed by atoms with van der Waals surface area (Å²) in [6, 6.07) is 0. The highest BCUT2D eigenvalue weighted by Crippen LogP contribution is 2.38. The third-order valence-electron chi connectivity index (χ3n) is 6.35. The fourth-order valence-electron chi connectivity index (χ4n) is 4.52. The first kappa shape index (κ1) is 19.9. The maximum absolute atomic E-state index is 14.2. The van der Waals surface area contributed by atoms with Crippen molar-refractivity contribution in [1.82, 2.24) is 0 Å². The van der Waals surface area contributed by atoms with Gasteiger partial charge in [0.25, 0.3) is 0 Å². The number of hydrogen-bond donors (Lipinski definition) is 0. The molecule has 140 valence electrons. The van der Waals surface area contributed by atoms with Crippen molar-refractivity contribution in [1.29, 1.82) is 0 Å². The average molecular weight is 343 g/mol. The molecule has 0 heterocycles. The zero-order chi connectivity index (χ0) is 17.4. The summed E-state index contributed by atoms with van der Waals surface area (Å²) in [5, 5.41) is 0. The summed E-state index contributed by atoms with van der Waals surface area (Å²) in [7, 11) is 0. The van der Waals surface area contributed by atoms with Gasteiger partial charge in [-0.25, -0.2) is 0 Å². The van der Waals surface area contributed by atoms with E-state index < -0.39 is 6.11 Å². The molecule has 0 spiro atoms. The highest BCUT2D eigenvalue weighted by atomic mass is 19.3. The molecule has 0 aromatic rings. The Bertz CT molecular complexity index is 353. The van der Waals surface area contributed by atoms with Gasteiger partial charge in [-0.05, 0) is 62.2 Å². The Hall–Kier alpha value is -0.440. The molecule has 1 nitrogen and oxygen atoms in total. The van der Waals surface area contributed by atoms with Crippen LogP contribution in [0.4, 0.5) is 8.78 Å². The summed E-state index contributed by atoms with van der Waals surface area (Å²) in [4.78, 5) is 0. The largest absolute Gasteiger partial charge is 0.356 e. The smallest absolute Gasteiger partial charge is 0.320 e. The lowest BCUT2D eigenvalue weighted by Crippen LogP contribution is -2.30. The molecule has 0 aromatic carbocycles. The molecule has 2 rings (SSSR count). The van der Waals surface area contributed by atoms with Crippen LogP contribution < -0.4 is 0 Å². The number of halogens is 2. The Balaban J connectivity index is 1.64. The van der Waals surface area contributed by atoms with E-state index in [1.807, 2.05) is 6.08 Å². The van der Waals surface area contributed by atoms with Gasteiger partial charge in [0.1, 0.15) is 0 Å². The Morgan fingerprint density at radius 1 is 0.917 bits per heavy atom. The van der Waals surface area contributed by atoms with E-state index in [4.69, 9.17) is 4.74 Å². The van der Waals surface area contributed by atoms with E-state index in [1.165, 1.54) is 25.7 Å². The molecule has 0 bridgehead atoms. The lowest BCUT2D eigenvalue weighted by atomic mass is 9.78. The maximum atomic E-state index is 14.2. The van der Waals surface area contributed by atoms with Crippen molar-refractivity contribution < 1.29 is 13.5 Å². The monoisotopic (exact) mass is 342 g/mol. The average Bonchev–Trinajstić information content (AvgIpc) is 2.59. The van der Waals surface area contributed by atoms with Gasteiger partial charge >= 0.3 is 6.11 Å². The normalized spacial score (nSPS) is 31.8. The predicted molar refractivity (Wildman–Crippen MR) is 96.1 cm³/mol. The molecule has 0 radical (unpaired) electrons. The van der Waals surface area contributed by atoms with Gasteiger partial charge in [0.15, 0.2) is 0 Å². The van der Waals surface area contributed by atoms with Crippen molar-refractivity contribution in [3.8, 4) is 0 Å². The molecule has 0 saturated heterocycles. The van der Waals surface area contributed by atoms with Gasteiger partial charge in [-0.1, -0.05) is 45.1 Å². The van der Waals surface area contributed by atoms with Gasteiger partial charge in [-0.3, -0.25) is 0 Å². The van der Waals surface area contributed by atoms with Gasteiger partial charge < -0.3 is 4.74 Å². The van der Waals surface area contributed by atoms with Crippen LogP contribution in [-0.4, -0.2) is 12.7 Å². The predicted octanol–water partition coefficient (Wildman–Crippen LogP) is 6.97. The Labute approximate surface area is 147 Å². The number of rotatable bonds is 9. The fourth-order valence-corrected chi connectivity index (χ4v) is 4.52. The molecule has 3 heteroatoms. The second kappa shape index (κ2) is 9.89. The quantitative estimate of drug-likeness (QED) is 0.411. The van der Waals surface area contributed by atoms with Crippen LogP contribution in [-0.2, 0) is 4.74 Å². The van der Waals surface area contributed by atoms with Crippen molar-refractivity contribution in [2.45, 2.75) is 90.1 Å². The van der Waals surface area contributed by atoms with E-state index in [0.717, 1.165) is 50.9 Å². The first-order valence-electron chi connectivity index (χ1n) is 10.1. The van der Waals surface area contributed by atoms with Gasteiger partial charge in [0.05, 0.1) is 6.61 Å². The summed E-state index contributed by atoms with van der Waals surface area (Å²) in [5.41, 5.74) is 0. The second-order valence-electron chi connectivity index (χ2n) is 8.20. The molecule has 0 amide bonds. The van der Waals surface area contributed by atoms with Crippen LogP contribution >= 0.6 is 0 Å².